The van der Waals surface area contributed by atoms with Crippen molar-refractivity contribution in [3.63, 3.8) is 0 Å². The van der Waals surface area contributed by atoms with Gasteiger partial charge in [0, 0.05) is 11.8 Å². The van der Waals surface area contributed by atoms with E-state index >= 15 is 0 Å². The number of hydrogen-bond acceptors (Lipinski definition) is 2. The third-order valence-corrected chi connectivity index (χ3v) is 4.17. The highest BCUT2D eigenvalue weighted by Crippen LogP contribution is 2.31. The molecule has 0 bridgehead atoms. The van der Waals surface area contributed by atoms with Crippen LogP contribution >= 0.6 is 0 Å². The monoisotopic (exact) mass is 365 g/mol. The quantitative estimate of drug-likeness (QED) is 0.445. The Morgan fingerprint density at radius 3 is 2.44 bits per heavy atom. The zero-order valence-electron chi connectivity index (χ0n) is 14.4. The summed E-state index contributed by atoms with van der Waals surface area (Å²) in [7, 11) is -0.548. The molecule has 0 aliphatic heterocycles. The molecular weight excluding hydrogens is 347 g/mol. The minimum atomic E-state index is -4.46. The summed E-state index contributed by atoms with van der Waals surface area (Å²) < 4.78 is 45.4. The number of esters is 1. The van der Waals surface area contributed by atoms with Crippen molar-refractivity contribution in [2.45, 2.75) is 25.8 Å². The first kappa shape index (κ1) is 18.9. The molecular formula is C18H18F3NO2Si. The third kappa shape index (κ3) is 4.54. The predicted molar refractivity (Wildman–Crippen MR) is 92.3 cm³/mol. The van der Waals surface area contributed by atoms with Gasteiger partial charge in [0.05, 0.1) is 18.4 Å². The maximum atomic E-state index is 13.1. The summed E-state index contributed by atoms with van der Waals surface area (Å²) in [6, 6.07) is 6.49. The summed E-state index contributed by atoms with van der Waals surface area (Å²) in [5.41, 5.74) is 3.15. The average Bonchev–Trinajstić information content (AvgIpc) is 2.99. The summed E-state index contributed by atoms with van der Waals surface area (Å²) in [6.45, 7) is 6.01. The van der Waals surface area contributed by atoms with Crippen LogP contribution in [-0.2, 0) is 10.9 Å². The number of aromatic nitrogens is 1. The molecule has 0 unspecified atom stereocenters. The molecule has 2 aromatic rings. The van der Waals surface area contributed by atoms with Gasteiger partial charge in [0.15, 0.2) is 0 Å². The molecule has 0 spiro atoms. The zero-order valence-corrected chi connectivity index (χ0v) is 15.4. The van der Waals surface area contributed by atoms with Gasteiger partial charge in [-0.3, -0.25) is 0 Å². The van der Waals surface area contributed by atoms with E-state index in [0.29, 0.717) is 5.69 Å². The van der Waals surface area contributed by atoms with Crippen LogP contribution in [0.5, 0.6) is 0 Å². The maximum Gasteiger partial charge on any atom is 0.416 e. The van der Waals surface area contributed by atoms with Crippen molar-refractivity contribution in [2.75, 3.05) is 7.11 Å². The second-order valence-corrected chi connectivity index (χ2v) is 11.2. The SMILES string of the molecule is COC(=O)c1cccn1-c1ccc(C(F)(F)F)cc1C#C[Si](C)(C)C. The number of alkyl halides is 3. The number of benzene rings is 1. The minimum Gasteiger partial charge on any atom is -0.464 e. The van der Waals surface area contributed by atoms with Crippen LogP contribution in [0.1, 0.15) is 21.6 Å². The number of hydrogen-bond donors (Lipinski definition) is 0. The van der Waals surface area contributed by atoms with E-state index in [-0.39, 0.29) is 11.3 Å². The molecule has 0 fully saturated rings. The standard InChI is InChI=1S/C18H18F3NO2Si/c1-24-17(23)16-6-5-10-22(16)15-8-7-14(18(19,20)21)12-13(15)9-11-25(2,3)4/h5-8,10,12H,1-4H3. The van der Waals surface area contributed by atoms with Crippen LogP contribution in [0.4, 0.5) is 13.2 Å². The number of halogens is 3. The smallest absolute Gasteiger partial charge is 0.416 e. The molecule has 2 rings (SSSR count). The first-order valence-corrected chi connectivity index (χ1v) is 11.0. The van der Waals surface area contributed by atoms with Crippen molar-refractivity contribution >= 4 is 14.0 Å². The Labute approximate surface area is 145 Å². The summed E-state index contributed by atoms with van der Waals surface area (Å²) in [4.78, 5) is 11.9. The van der Waals surface area contributed by atoms with Crippen molar-refractivity contribution in [1.82, 2.24) is 4.57 Å². The van der Waals surface area contributed by atoms with E-state index in [1.165, 1.54) is 17.7 Å². The Morgan fingerprint density at radius 2 is 1.88 bits per heavy atom. The molecule has 1 heterocycles. The van der Waals surface area contributed by atoms with Crippen LogP contribution in [0.15, 0.2) is 36.5 Å². The number of rotatable bonds is 2. The Kier molecular flexibility index (Phi) is 5.14. The highest BCUT2D eigenvalue weighted by Gasteiger charge is 2.31. The second-order valence-electron chi connectivity index (χ2n) is 6.48. The normalized spacial score (nSPS) is 11.6. The molecule has 0 aliphatic carbocycles. The largest absolute Gasteiger partial charge is 0.464 e. The van der Waals surface area contributed by atoms with Gasteiger partial charge < -0.3 is 9.30 Å². The number of carbonyl (C=O) groups is 1. The van der Waals surface area contributed by atoms with E-state index < -0.39 is 25.8 Å². The van der Waals surface area contributed by atoms with Gasteiger partial charge in [0.25, 0.3) is 0 Å². The van der Waals surface area contributed by atoms with E-state index in [2.05, 4.69) is 11.5 Å². The van der Waals surface area contributed by atoms with Gasteiger partial charge in [0.1, 0.15) is 13.8 Å². The van der Waals surface area contributed by atoms with Crippen LogP contribution in [0.2, 0.25) is 19.6 Å². The molecule has 0 saturated heterocycles. The van der Waals surface area contributed by atoms with E-state index in [1.807, 2.05) is 19.6 Å². The first-order valence-electron chi connectivity index (χ1n) is 7.53. The number of ether oxygens (including phenoxy) is 1. The zero-order chi connectivity index (χ0) is 18.8. The molecule has 0 amide bonds. The fourth-order valence-electron chi connectivity index (χ4n) is 2.14. The van der Waals surface area contributed by atoms with Crippen LogP contribution < -0.4 is 0 Å². The van der Waals surface area contributed by atoms with Gasteiger partial charge >= 0.3 is 12.1 Å². The molecule has 0 saturated carbocycles. The molecule has 3 nitrogen and oxygen atoms in total. The van der Waals surface area contributed by atoms with Crippen LogP contribution in [0, 0.1) is 11.5 Å². The lowest BCUT2D eigenvalue weighted by atomic mass is 10.1. The van der Waals surface area contributed by atoms with E-state index in [9.17, 15) is 18.0 Å². The van der Waals surface area contributed by atoms with Crippen molar-refractivity contribution in [3.05, 3.63) is 53.3 Å². The van der Waals surface area contributed by atoms with Gasteiger partial charge in [-0.05, 0) is 30.3 Å². The van der Waals surface area contributed by atoms with Crippen LogP contribution in [0.25, 0.3) is 5.69 Å². The summed E-state index contributed by atoms with van der Waals surface area (Å²) in [5, 5.41) is 0. The molecule has 1 aromatic heterocycles. The van der Waals surface area contributed by atoms with E-state index in [4.69, 9.17) is 4.74 Å². The number of methoxy groups -OCH3 is 1. The van der Waals surface area contributed by atoms with Crippen LogP contribution in [0.3, 0.4) is 0 Å². The lowest BCUT2D eigenvalue weighted by molar-refractivity contribution is -0.137. The van der Waals surface area contributed by atoms with Gasteiger partial charge in [-0.1, -0.05) is 25.6 Å². The molecule has 0 aliphatic rings. The predicted octanol–water partition coefficient (Wildman–Crippen LogP) is 4.51. The van der Waals surface area contributed by atoms with Gasteiger partial charge in [-0.15, -0.1) is 5.54 Å². The third-order valence-electron chi connectivity index (χ3n) is 3.30. The van der Waals surface area contributed by atoms with E-state index in [1.54, 1.807) is 18.3 Å². The van der Waals surface area contributed by atoms with Gasteiger partial charge in [0.2, 0.25) is 0 Å². The van der Waals surface area contributed by atoms with Gasteiger partial charge in [-0.2, -0.15) is 13.2 Å². The van der Waals surface area contributed by atoms with Gasteiger partial charge in [-0.25, -0.2) is 4.79 Å². The fraction of sp³-hybridized carbons (Fsp3) is 0.278. The average molecular weight is 365 g/mol. The lowest BCUT2D eigenvalue weighted by Crippen LogP contribution is -2.16. The molecule has 7 heteroatoms. The van der Waals surface area contributed by atoms with Crippen molar-refractivity contribution in [3.8, 4) is 17.2 Å². The summed E-state index contributed by atoms with van der Waals surface area (Å²) in [5.74, 6) is 2.30. The molecule has 0 N–H and O–H groups in total. The van der Waals surface area contributed by atoms with Crippen molar-refractivity contribution < 1.29 is 22.7 Å². The molecule has 132 valence electrons. The minimum absolute atomic E-state index is 0.221. The Balaban J connectivity index is 2.67. The van der Waals surface area contributed by atoms with E-state index in [0.717, 1.165) is 12.1 Å². The Bertz CT molecular complexity index is 852. The lowest BCUT2D eigenvalue weighted by Gasteiger charge is -2.14. The molecule has 0 atom stereocenters. The second kappa shape index (κ2) is 6.80. The molecule has 0 radical (unpaired) electrons. The maximum absolute atomic E-state index is 13.1. The summed E-state index contributed by atoms with van der Waals surface area (Å²) in [6.07, 6.45) is -2.87. The highest BCUT2D eigenvalue weighted by atomic mass is 28.3. The first-order chi connectivity index (χ1) is 11.5. The molecule has 1 aromatic carbocycles. The fourth-order valence-corrected chi connectivity index (χ4v) is 2.65. The number of nitrogens with zero attached hydrogens (tertiary/aromatic N) is 1. The summed E-state index contributed by atoms with van der Waals surface area (Å²) >= 11 is 0. The van der Waals surface area contributed by atoms with Crippen LogP contribution in [-0.4, -0.2) is 25.7 Å². The topological polar surface area (TPSA) is 31.2 Å². The Hall–Kier alpha value is -2.46. The highest BCUT2D eigenvalue weighted by molar-refractivity contribution is 6.83. The Morgan fingerprint density at radius 1 is 1.20 bits per heavy atom. The van der Waals surface area contributed by atoms with Crippen molar-refractivity contribution in [2.24, 2.45) is 0 Å². The van der Waals surface area contributed by atoms with Crippen molar-refractivity contribution in [1.29, 1.82) is 0 Å². The molecule has 25 heavy (non-hydrogen) atoms. The number of carbonyl (C=O) groups excluding carboxylic acids is 1.